The number of piperidine rings is 1. The highest BCUT2D eigenvalue weighted by molar-refractivity contribution is 5.48. The van der Waals surface area contributed by atoms with E-state index in [9.17, 15) is 5.11 Å². The molecule has 21 heavy (non-hydrogen) atoms. The second-order valence-corrected chi connectivity index (χ2v) is 7.61. The fourth-order valence-electron chi connectivity index (χ4n) is 2.82. The number of hydrogen-bond acceptors (Lipinski definition) is 4. The summed E-state index contributed by atoms with van der Waals surface area (Å²) in [5.41, 5.74) is 1.90. The van der Waals surface area contributed by atoms with Gasteiger partial charge in [-0.05, 0) is 64.7 Å². The van der Waals surface area contributed by atoms with Crippen molar-refractivity contribution in [2.24, 2.45) is 0 Å². The Hall–Kier alpha value is -1.13. The third-order valence-electron chi connectivity index (χ3n) is 3.90. The zero-order chi connectivity index (χ0) is 15.7. The molecule has 4 heteroatoms. The van der Waals surface area contributed by atoms with E-state index in [1.807, 2.05) is 13.1 Å². The van der Waals surface area contributed by atoms with Crippen LogP contribution in [-0.2, 0) is 6.54 Å². The van der Waals surface area contributed by atoms with Gasteiger partial charge in [0.25, 0.3) is 0 Å². The molecule has 2 rings (SSSR count). The van der Waals surface area contributed by atoms with E-state index in [1.165, 1.54) is 11.1 Å². The predicted octanol–water partition coefficient (Wildman–Crippen LogP) is 2.63. The second-order valence-electron chi connectivity index (χ2n) is 7.61. The van der Waals surface area contributed by atoms with E-state index in [4.69, 9.17) is 0 Å². The lowest BCUT2D eigenvalue weighted by molar-refractivity contribution is 0.0447. The Bertz CT molecular complexity index is 491. The third-order valence-corrected chi connectivity index (χ3v) is 3.90. The summed E-state index contributed by atoms with van der Waals surface area (Å²) >= 11 is 0. The Labute approximate surface area is 128 Å². The number of aromatic nitrogens is 1. The maximum Gasteiger partial charge on any atom is 0.131 e. The largest absolute Gasteiger partial charge is 0.388 e. The Kier molecular flexibility index (Phi) is 4.59. The van der Waals surface area contributed by atoms with Crippen LogP contribution in [0.2, 0.25) is 0 Å². The summed E-state index contributed by atoms with van der Waals surface area (Å²) < 4.78 is 0. The SMILES string of the molecule is Cc1cc(CNC(C)(C)C)cnc1N1CCCC(C)(O)C1. The van der Waals surface area contributed by atoms with Gasteiger partial charge >= 0.3 is 0 Å². The quantitative estimate of drug-likeness (QED) is 0.899. The minimum atomic E-state index is -0.598. The molecule has 2 N–H and O–H groups in total. The molecule has 4 nitrogen and oxygen atoms in total. The van der Waals surface area contributed by atoms with Gasteiger partial charge < -0.3 is 15.3 Å². The average molecular weight is 291 g/mol. The van der Waals surface area contributed by atoms with Gasteiger partial charge in [0, 0.05) is 31.4 Å². The Morgan fingerprint density at radius 3 is 2.71 bits per heavy atom. The van der Waals surface area contributed by atoms with Crippen LogP contribution in [0.5, 0.6) is 0 Å². The number of β-amino-alcohol motifs (C(OH)–C–C–N with tert-alkyl or cyclic N) is 1. The predicted molar refractivity (Wildman–Crippen MR) is 87.6 cm³/mol. The molecule has 1 aliphatic rings. The monoisotopic (exact) mass is 291 g/mol. The normalized spacial score (nSPS) is 23.4. The molecule has 0 saturated carbocycles. The lowest BCUT2D eigenvalue weighted by atomic mass is 9.95. The first kappa shape index (κ1) is 16.2. The number of aryl methyl sites for hydroxylation is 1. The third kappa shape index (κ3) is 4.68. The van der Waals surface area contributed by atoms with E-state index in [2.05, 4.69) is 49.0 Å². The van der Waals surface area contributed by atoms with Gasteiger partial charge in [-0.3, -0.25) is 0 Å². The highest BCUT2D eigenvalue weighted by Crippen LogP contribution is 2.26. The van der Waals surface area contributed by atoms with Crippen LogP contribution in [0.15, 0.2) is 12.3 Å². The summed E-state index contributed by atoms with van der Waals surface area (Å²) in [5.74, 6) is 1.01. The van der Waals surface area contributed by atoms with Crippen molar-refractivity contribution in [1.29, 1.82) is 0 Å². The van der Waals surface area contributed by atoms with Crippen molar-refractivity contribution in [3.63, 3.8) is 0 Å². The van der Waals surface area contributed by atoms with E-state index < -0.39 is 5.60 Å². The topological polar surface area (TPSA) is 48.4 Å². The van der Waals surface area contributed by atoms with E-state index in [-0.39, 0.29) is 5.54 Å². The molecule has 0 bridgehead atoms. The summed E-state index contributed by atoms with van der Waals surface area (Å²) in [5, 5.41) is 13.7. The van der Waals surface area contributed by atoms with Gasteiger partial charge in [-0.1, -0.05) is 0 Å². The lowest BCUT2D eigenvalue weighted by Gasteiger charge is -2.38. The molecular formula is C17H29N3O. The molecular weight excluding hydrogens is 262 g/mol. The molecule has 2 heterocycles. The van der Waals surface area contributed by atoms with Crippen molar-refractivity contribution < 1.29 is 5.11 Å². The lowest BCUT2D eigenvalue weighted by Crippen LogP contribution is -2.46. The van der Waals surface area contributed by atoms with Crippen LogP contribution in [0.1, 0.15) is 51.7 Å². The number of anilines is 1. The van der Waals surface area contributed by atoms with E-state index in [0.29, 0.717) is 6.54 Å². The van der Waals surface area contributed by atoms with Crippen molar-refractivity contribution in [2.75, 3.05) is 18.0 Å². The van der Waals surface area contributed by atoms with Crippen molar-refractivity contribution in [1.82, 2.24) is 10.3 Å². The number of nitrogens with one attached hydrogen (secondary N) is 1. The van der Waals surface area contributed by atoms with Gasteiger partial charge in [0.05, 0.1) is 5.60 Å². The molecule has 118 valence electrons. The molecule has 1 unspecified atom stereocenters. The molecule has 0 aliphatic carbocycles. The van der Waals surface area contributed by atoms with E-state index in [0.717, 1.165) is 31.7 Å². The molecule has 0 aromatic carbocycles. The fourth-order valence-corrected chi connectivity index (χ4v) is 2.82. The number of nitrogens with zero attached hydrogens (tertiary/aromatic N) is 2. The molecule has 1 saturated heterocycles. The van der Waals surface area contributed by atoms with Crippen LogP contribution in [0.25, 0.3) is 0 Å². The first-order valence-electron chi connectivity index (χ1n) is 7.84. The van der Waals surface area contributed by atoms with Crippen LogP contribution in [0.4, 0.5) is 5.82 Å². The summed E-state index contributed by atoms with van der Waals surface area (Å²) in [7, 11) is 0. The molecule has 0 spiro atoms. The van der Waals surface area contributed by atoms with Crippen molar-refractivity contribution >= 4 is 5.82 Å². The molecule has 0 radical (unpaired) electrons. The Morgan fingerprint density at radius 1 is 1.43 bits per heavy atom. The summed E-state index contributed by atoms with van der Waals surface area (Å²) in [6, 6.07) is 2.20. The number of rotatable bonds is 3. The smallest absolute Gasteiger partial charge is 0.131 e. The van der Waals surface area contributed by atoms with E-state index >= 15 is 0 Å². The molecule has 0 amide bonds. The molecule has 1 atom stereocenters. The van der Waals surface area contributed by atoms with Gasteiger partial charge in [-0.15, -0.1) is 0 Å². The highest BCUT2D eigenvalue weighted by atomic mass is 16.3. The van der Waals surface area contributed by atoms with Crippen LogP contribution in [0, 0.1) is 6.92 Å². The summed E-state index contributed by atoms with van der Waals surface area (Å²) in [6.07, 6.45) is 3.84. The Balaban J connectivity index is 2.09. The van der Waals surface area contributed by atoms with Crippen LogP contribution in [0.3, 0.4) is 0 Å². The molecule has 1 fully saturated rings. The minimum absolute atomic E-state index is 0.109. The second kappa shape index (κ2) is 5.93. The van der Waals surface area contributed by atoms with Gasteiger partial charge in [-0.25, -0.2) is 4.98 Å². The summed E-state index contributed by atoms with van der Waals surface area (Å²) in [6.45, 7) is 13.0. The van der Waals surface area contributed by atoms with Crippen LogP contribution < -0.4 is 10.2 Å². The van der Waals surface area contributed by atoms with Gasteiger partial charge in [-0.2, -0.15) is 0 Å². The first-order chi connectivity index (χ1) is 9.66. The Morgan fingerprint density at radius 2 is 2.14 bits per heavy atom. The fraction of sp³-hybridized carbons (Fsp3) is 0.706. The zero-order valence-electron chi connectivity index (χ0n) is 14.0. The number of aliphatic hydroxyl groups is 1. The molecule has 1 aromatic rings. The summed E-state index contributed by atoms with van der Waals surface area (Å²) in [4.78, 5) is 6.85. The first-order valence-corrected chi connectivity index (χ1v) is 7.84. The molecule has 1 aromatic heterocycles. The van der Waals surface area contributed by atoms with Crippen LogP contribution >= 0.6 is 0 Å². The van der Waals surface area contributed by atoms with Gasteiger partial charge in [0.1, 0.15) is 5.82 Å². The minimum Gasteiger partial charge on any atom is -0.388 e. The maximum absolute atomic E-state index is 10.2. The van der Waals surface area contributed by atoms with Gasteiger partial charge in [0.15, 0.2) is 0 Å². The van der Waals surface area contributed by atoms with E-state index in [1.54, 1.807) is 0 Å². The highest BCUT2D eigenvalue weighted by Gasteiger charge is 2.29. The van der Waals surface area contributed by atoms with Crippen molar-refractivity contribution in [3.8, 4) is 0 Å². The van der Waals surface area contributed by atoms with Crippen molar-refractivity contribution in [3.05, 3.63) is 23.4 Å². The van der Waals surface area contributed by atoms with Crippen LogP contribution in [-0.4, -0.2) is 34.3 Å². The van der Waals surface area contributed by atoms with Crippen molar-refractivity contribution in [2.45, 2.75) is 65.1 Å². The van der Waals surface area contributed by atoms with Gasteiger partial charge in [0.2, 0.25) is 0 Å². The number of hydrogen-bond donors (Lipinski definition) is 2. The maximum atomic E-state index is 10.2. The zero-order valence-corrected chi connectivity index (χ0v) is 14.0. The number of pyridine rings is 1. The molecule has 1 aliphatic heterocycles. The average Bonchev–Trinajstić information content (AvgIpc) is 2.34. The standard InChI is InChI=1S/C17H29N3O/c1-13-9-14(11-19-16(2,3)4)10-18-15(13)20-8-6-7-17(5,21)12-20/h9-10,19,21H,6-8,11-12H2,1-5H3.